The lowest BCUT2D eigenvalue weighted by molar-refractivity contribution is -0.116. The maximum atomic E-state index is 12.9. The van der Waals surface area contributed by atoms with Gasteiger partial charge in [-0.2, -0.15) is 4.31 Å². The maximum absolute atomic E-state index is 12.9. The monoisotopic (exact) mass is 466 g/mol. The molecule has 168 valence electrons. The number of anilines is 1. The van der Waals surface area contributed by atoms with E-state index in [1.807, 2.05) is 0 Å². The van der Waals surface area contributed by atoms with Crippen molar-refractivity contribution >= 4 is 39.1 Å². The second-order valence-corrected chi connectivity index (χ2v) is 10.1. The van der Waals surface area contributed by atoms with Crippen molar-refractivity contribution in [3.63, 3.8) is 0 Å². The molecule has 0 aliphatic carbocycles. The lowest BCUT2D eigenvalue weighted by Gasteiger charge is -2.19. The van der Waals surface area contributed by atoms with Crippen molar-refractivity contribution in [2.45, 2.75) is 37.5 Å². The molecule has 1 aliphatic heterocycles. The number of amides is 2. The van der Waals surface area contributed by atoms with Crippen LogP contribution in [0.25, 0.3) is 0 Å². The van der Waals surface area contributed by atoms with Crippen molar-refractivity contribution in [3.8, 4) is 0 Å². The molecule has 0 unspecified atom stereocenters. The number of sulfonamides is 1. The average Bonchev–Trinajstić information content (AvgIpc) is 3.08. The van der Waals surface area contributed by atoms with Gasteiger partial charge in [0.25, 0.3) is 5.91 Å². The molecule has 1 saturated heterocycles. The second-order valence-electron chi connectivity index (χ2n) is 7.68. The molecule has 31 heavy (non-hydrogen) atoms. The summed E-state index contributed by atoms with van der Waals surface area (Å²) in [6, 6.07) is 6.44. The highest BCUT2D eigenvalue weighted by Crippen LogP contribution is 2.23. The van der Waals surface area contributed by atoms with E-state index in [1.165, 1.54) is 19.3 Å². The summed E-state index contributed by atoms with van der Waals surface area (Å²) in [4.78, 5) is 29.6. The summed E-state index contributed by atoms with van der Waals surface area (Å²) in [5.74, 6) is -0.701. The Bertz CT molecular complexity index is 1060. The maximum Gasteiger partial charge on any atom is 0.270 e. The SMILES string of the molecule is Cc1c(Cl)cccc1NC(=O)CN(C)S(=O)(=O)c1c[nH]c(C(=O)N2CCCCCC2)c1. The Kier molecular flexibility index (Phi) is 7.40. The zero-order chi connectivity index (χ0) is 22.6. The van der Waals surface area contributed by atoms with E-state index in [4.69, 9.17) is 11.6 Å². The highest BCUT2D eigenvalue weighted by atomic mass is 35.5. The number of rotatable bonds is 6. The molecule has 1 aliphatic rings. The summed E-state index contributed by atoms with van der Waals surface area (Å²) in [6.45, 7) is 2.72. The number of aromatic amines is 1. The summed E-state index contributed by atoms with van der Waals surface area (Å²) in [7, 11) is -2.63. The number of nitrogens with one attached hydrogen (secondary N) is 2. The van der Waals surface area contributed by atoms with Gasteiger partial charge in [0.2, 0.25) is 15.9 Å². The number of carbonyl (C=O) groups excluding carboxylic acids is 2. The first-order chi connectivity index (χ1) is 14.7. The van der Waals surface area contributed by atoms with Crippen LogP contribution in [0.1, 0.15) is 41.7 Å². The van der Waals surface area contributed by atoms with Crippen molar-refractivity contribution in [1.82, 2.24) is 14.2 Å². The fraction of sp³-hybridized carbons (Fsp3) is 0.429. The van der Waals surface area contributed by atoms with Gasteiger partial charge in [0.1, 0.15) is 10.6 Å². The lowest BCUT2D eigenvalue weighted by Crippen LogP contribution is -2.35. The second kappa shape index (κ2) is 9.84. The van der Waals surface area contributed by atoms with Gasteiger partial charge in [-0.1, -0.05) is 30.5 Å². The number of nitrogens with zero attached hydrogens (tertiary/aromatic N) is 2. The van der Waals surface area contributed by atoms with Gasteiger partial charge in [-0.15, -0.1) is 0 Å². The van der Waals surface area contributed by atoms with E-state index in [9.17, 15) is 18.0 Å². The molecule has 0 bridgehead atoms. The van der Waals surface area contributed by atoms with Crippen LogP contribution in [-0.2, 0) is 14.8 Å². The lowest BCUT2D eigenvalue weighted by atomic mass is 10.2. The molecule has 2 amide bonds. The highest BCUT2D eigenvalue weighted by Gasteiger charge is 2.27. The fourth-order valence-electron chi connectivity index (χ4n) is 3.49. The predicted molar refractivity (Wildman–Crippen MR) is 120 cm³/mol. The number of benzene rings is 1. The predicted octanol–water partition coefficient (Wildman–Crippen LogP) is 3.25. The number of H-pyrrole nitrogens is 1. The number of halogens is 1. The molecule has 2 aromatic rings. The molecule has 0 radical (unpaired) electrons. The molecule has 1 aromatic carbocycles. The van der Waals surface area contributed by atoms with Gasteiger partial charge in [-0.25, -0.2) is 8.42 Å². The van der Waals surface area contributed by atoms with Crippen LogP contribution in [0.2, 0.25) is 5.02 Å². The Morgan fingerprint density at radius 2 is 1.87 bits per heavy atom. The quantitative estimate of drug-likeness (QED) is 0.682. The molecular formula is C21H27ClN4O4S. The number of likely N-dealkylation sites (N-methyl/N-ethyl adjacent to an activating group) is 1. The number of aromatic nitrogens is 1. The number of likely N-dealkylation sites (tertiary alicyclic amines) is 1. The highest BCUT2D eigenvalue weighted by molar-refractivity contribution is 7.89. The molecule has 8 nitrogen and oxygen atoms in total. The Labute approximate surface area is 187 Å². The first-order valence-electron chi connectivity index (χ1n) is 10.2. The summed E-state index contributed by atoms with van der Waals surface area (Å²) < 4.78 is 26.7. The Morgan fingerprint density at radius 1 is 1.19 bits per heavy atom. The zero-order valence-corrected chi connectivity index (χ0v) is 19.2. The summed E-state index contributed by atoms with van der Waals surface area (Å²) in [5, 5.41) is 3.19. The first-order valence-corrected chi connectivity index (χ1v) is 12.0. The van der Waals surface area contributed by atoms with Crippen molar-refractivity contribution in [2.24, 2.45) is 0 Å². The first kappa shape index (κ1) is 23.3. The van der Waals surface area contributed by atoms with Crippen LogP contribution in [0.15, 0.2) is 35.4 Å². The van der Waals surface area contributed by atoms with E-state index >= 15 is 0 Å². The van der Waals surface area contributed by atoms with Crippen molar-refractivity contribution in [2.75, 3.05) is 32.0 Å². The van der Waals surface area contributed by atoms with E-state index in [0.29, 0.717) is 29.4 Å². The van der Waals surface area contributed by atoms with E-state index in [2.05, 4.69) is 10.3 Å². The third kappa shape index (κ3) is 5.47. The number of hydrogen-bond acceptors (Lipinski definition) is 4. The Hall–Kier alpha value is -2.36. The molecule has 10 heteroatoms. The molecule has 1 aromatic heterocycles. The molecule has 2 heterocycles. The van der Waals surface area contributed by atoms with Crippen LogP contribution >= 0.6 is 11.6 Å². The van der Waals surface area contributed by atoms with E-state index < -0.39 is 15.9 Å². The molecule has 0 saturated carbocycles. The minimum absolute atomic E-state index is 0.0556. The van der Waals surface area contributed by atoms with Gasteiger partial charge < -0.3 is 15.2 Å². The van der Waals surface area contributed by atoms with Crippen molar-refractivity contribution in [3.05, 3.63) is 46.7 Å². The van der Waals surface area contributed by atoms with Gasteiger partial charge in [0, 0.05) is 37.0 Å². The topological polar surface area (TPSA) is 103 Å². The van der Waals surface area contributed by atoms with E-state index in [0.717, 1.165) is 30.0 Å². The summed E-state index contributed by atoms with van der Waals surface area (Å²) >= 11 is 6.06. The van der Waals surface area contributed by atoms with Gasteiger partial charge in [0.15, 0.2) is 0 Å². The van der Waals surface area contributed by atoms with E-state index in [-0.39, 0.29) is 23.0 Å². The van der Waals surface area contributed by atoms with Crippen LogP contribution in [0.5, 0.6) is 0 Å². The standard InChI is InChI=1S/C21H27ClN4O4S/c1-15-17(22)8-7-9-18(15)24-20(27)14-25(2)31(29,30)16-12-19(23-13-16)21(28)26-10-5-3-4-6-11-26/h7-9,12-13,23H,3-6,10-11,14H2,1-2H3,(H,24,27). The summed E-state index contributed by atoms with van der Waals surface area (Å²) in [5.41, 5.74) is 1.45. The van der Waals surface area contributed by atoms with E-state index in [1.54, 1.807) is 30.0 Å². The fourth-order valence-corrected chi connectivity index (χ4v) is 4.79. The molecule has 0 spiro atoms. The molecule has 0 atom stereocenters. The summed E-state index contributed by atoms with van der Waals surface area (Å²) in [6.07, 6.45) is 5.37. The van der Waals surface area contributed by atoms with Crippen LogP contribution in [-0.4, -0.2) is 61.1 Å². The minimum atomic E-state index is -3.95. The van der Waals surface area contributed by atoms with Crippen molar-refractivity contribution in [1.29, 1.82) is 0 Å². The van der Waals surface area contributed by atoms with Crippen LogP contribution in [0, 0.1) is 6.92 Å². The zero-order valence-electron chi connectivity index (χ0n) is 17.7. The number of carbonyl (C=O) groups is 2. The molecule has 2 N–H and O–H groups in total. The smallest absolute Gasteiger partial charge is 0.270 e. The normalized spacial score (nSPS) is 15.0. The molecule has 3 rings (SSSR count). The Balaban J connectivity index is 1.67. The third-order valence-corrected chi connectivity index (χ3v) is 7.59. The minimum Gasteiger partial charge on any atom is -0.356 e. The van der Waals surface area contributed by atoms with Crippen LogP contribution in [0.4, 0.5) is 5.69 Å². The van der Waals surface area contributed by atoms with Crippen LogP contribution in [0.3, 0.4) is 0 Å². The van der Waals surface area contributed by atoms with Gasteiger partial charge in [-0.05, 0) is 43.5 Å². The third-order valence-electron chi connectivity index (χ3n) is 5.40. The average molecular weight is 467 g/mol. The van der Waals surface area contributed by atoms with Crippen molar-refractivity contribution < 1.29 is 18.0 Å². The van der Waals surface area contributed by atoms with Gasteiger partial charge in [0.05, 0.1) is 6.54 Å². The Morgan fingerprint density at radius 3 is 2.55 bits per heavy atom. The number of hydrogen-bond donors (Lipinski definition) is 2. The van der Waals surface area contributed by atoms with Gasteiger partial charge in [-0.3, -0.25) is 9.59 Å². The molecule has 1 fully saturated rings. The largest absolute Gasteiger partial charge is 0.356 e. The van der Waals surface area contributed by atoms with Gasteiger partial charge >= 0.3 is 0 Å². The molecular weight excluding hydrogens is 440 g/mol. The van der Waals surface area contributed by atoms with Crippen LogP contribution < -0.4 is 5.32 Å².